The van der Waals surface area contributed by atoms with Crippen molar-refractivity contribution in [2.45, 2.75) is 38.3 Å². The fourth-order valence-electron chi connectivity index (χ4n) is 4.27. The lowest BCUT2D eigenvalue weighted by molar-refractivity contribution is 0.244. The van der Waals surface area contributed by atoms with Gasteiger partial charge in [0.15, 0.2) is 5.96 Å². The number of nitrogens with zero attached hydrogens (tertiary/aromatic N) is 3. The van der Waals surface area contributed by atoms with Gasteiger partial charge >= 0.3 is 0 Å². The van der Waals surface area contributed by atoms with Crippen molar-refractivity contribution in [3.63, 3.8) is 0 Å². The summed E-state index contributed by atoms with van der Waals surface area (Å²) < 4.78 is 24.9. The summed E-state index contributed by atoms with van der Waals surface area (Å²) in [6, 6.07) is 11.2. The van der Waals surface area contributed by atoms with E-state index in [1.807, 2.05) is 0 Å². The Hall–Kier alpha value is -0.910. The molecule has 2 fully saturated rings. The molecule has 1 atom stereocenters. The van der Waals surface area contributed by atoms with E-state index < -0.39 is 10.0 Å². The number of aliphatic imine (C=N–C) groups is 1. The number of benzene rings is 1. The Labute approximate surface area is 198 Å². The number of piperidine rings is 1. The van der Waals surface area contributed by atoms with E-state index in [0.29, 0.717) is 25.0 Å². The maximum absolute atomic E-state index is 11.6. The van der Waals surface area contributed by atoms with Crippen LogP contribution in [0.4, 0.5) is 0 Å². The Morgan fingerprint density at radius 1 is 1.07 bits per heavy atom. The molecule has 3 rings (SSSR count). The normalized spacial score (nSPS) is 21.9. The molecule has 30 heavy (non-hydrogen) atoms. The quantitative estimate of drug-likeness (QED) is 0.310. The highest BCUT2D eigenvalue weighted by atomic mass is 127. The van der Waals surface area contributed by atoms with E-state index in [1.54, 1.807) is 11.4 Å². The zero-order chi connectivity index (χ0) is 20.7. The van der Waals surface area contributed by atoms with Crippen LogP contribution < -0.4 is 10.6 Å². The third kappa shape index (κ3) is 7.65. The van der Waals surface area contributed by atoms with Crippen molar-refractivity contribution in [2.24, 2.45) is 10.9 Å². The molecular formula is C21H36IN5O2S. The van der Waals surface area contributed by atoms with Crippen LogP contribution in [-0.2, 0) is 16.6 Å². The number of halogens is 1. The molecule has 0 spiro atoms. The second-order valence-electron chi connectivity index (χ2n) is 8.19. The van der Waals surface area contributed by atoms with E-state index in [-0.39, 0.29) is 24.0 Å². The topological polar surface area (TPSA) is 77.0 Å². The Bertz CT molecular complexity index is 767. The van der Waals surface area contributed by atoms with Gasteiger partial charge in [-0.2, -0.15) is 0 Å². The van der Waals surface area contributed by atoms with Crippen LogP contribution in [0, 0.1) is 5.92 Å². The molecule has 1 aromatic carbocycles. The van der Waals surface area contributed by atoms with Crippen LogP contribution >= 0.6 is 24.0 Å². The zero-order valence-electron chi connectivity index (χ0n) is 18.1. The smallest absolute Gasteiger partial charge is 0.211 e. The van der Waals surface area contributed by atoms with E-state index in [1.165, 1.54) is 24.7 Å². The van der Waals surface area contributed by atoms with Gasteiger partial charge in [0.1, 0.15) is 0 Å². The minimum atomic E-state index is -3.06. The molecule has 0 radical (unpaired) electrons. The molecule has 0 bridgehead atoms. The van der Waals surface area contributed by atoms with E-state index >= 15 is 0 Å². The van der Waals surface area contributed by atoms with Gasteiger partial charge in [0.05, 0.1) is 6.26 Å². The van der Waals surface area contributed by atoms with Crippen molar-refractivity contribution < 1.29 is 8.42 Å². The number of hydrogen-bond acceptors (Lipinski definition) is 4. The van der Waals surface area contributed by atoms with Gasteiger partial charge in [-0.25, -0.2) is 12.7 Å². The minimum absolute atomic E-state index is 0. The second kappa shape index (κ2) is 12.2. The first-order chi connectivity index (χ1) is 14.0. The van der Waals surface area contributed by atoms with Crippen LogP contribution in [0.2, 0.25) is 0 Å². The predicted octanol–water partition coefficient (Wildman–Crippen LogP) is 2.11. The minimum Gasteiger partial charge on any atom is -0.356 e. The zero-order valence-corrected chi connectivity index (χ0v) is 21.2. The van der Waals surface area contributed by atoms with Crippen molar-refractivity contribution in [3.8, 4) is 0 Å². The van der Waals surface area contributed by atoms with E-state index in [0.717, 1.165) is 45.0 Å². The Morgan fingerprint density at radius 3 is 2.37 bits per heavy atom. The highest BCUT2D eigenvalue weighted by Crippen LogP contribution is 2.20. The molecular weight excluding hydrogens is 513 g/mol. The fourth-order valence-corrected chi connectivity index (χ4v) is 5.15. The van der Waals surface area contributed by atoms with Gasteiger partial charge in [-0.05, 0) is 43.7 Å². The average molecular weight is 550 g/mol. The molecule has 0 saturated carbocycles. The van der Waals surface area contributed by atoms with Crippen LogP contribution in [0.3, 0.4) is 0 Å². The predicted molar refractivity (Wildman–Crippen MR) is 134 cm³/mol. The molecule has 1 unspecified atom stereocenters. The summed E-state index contributed by atoms with van der Waals surface area (Å²) in [7, 11) is -1.26. The van der Waals surface area contributed by atoms with Crippen LogP contribution in [0.5, 0.6) is 0 Å². The number of nitrogens with one attached hydrogen (secondary N) is 2. The summed E-state index contributed by atoms with van der Waals surface area (Å²) in [5.41, 5.74) is 1.36. The maximum atomic E-state index is 11.6. The Kier molecular flexibility index (Phi) is 10.3. The summed E-state index contributed by atoms with van der Waals surface area (Å²) in [4.78, 5) is 6.92. The number of likely N-dealkylation sites (tertiary alicyclic amines) is 1. The molecule has 2 heterocycles. The monoisotopic (exact) mass is 549 g/mol. The van der Waals surface area contributed by atoms with Crippen LogP contribution in [0.15, 0.2) is 35.3 Å². The molecule has 170 valence electrons. The van der Waals surface area contributed by atoms with E-state index in [9.17, 15) is 8.42 Å². The van der Waals surface area contributed by atoms with Crippen molar-refractivity contribution in [1.82, 2.24) is 19.8 Å². The molecule has 2 saturated heterocycles. The molecule has 2 aliphatic heterocycles. The highest BCUT2D eigenvalue weighted by Gasteiger charge is 2.26. The van der Waals surface area contributed by atoms with Gasteiger partial charge in [-0.15, -0.1) is 24.0 Å². The molecule has 7 nitrogen and oxygen atoms in total. The van der Waals surface area contributed by atoms with Crippen molar-refractivity contribution in [3.05, 3.63) is 35.9 Å². The standard InChI is InChI=1S/C21H35N5O2S.HI/c1-22-21(23-15-18-10-13-26(14-11-18)29(2,27)28)24-16-20-9-6-12-25(20)17-19-7-4-3-5-8-19;/h3-5,7-8,18,20H,6,9-17H2,1-2H3,(H2,22,23,24);1H. The number of guanidine groups is 1. The first-order valence-electron chi connectivity index (χ1n) is 10.6. The molecule has 0 aromatic heterocycles. The molecule has 0 aliphatic carbocycles. The van der Waals surface area contributed by atoms with Gasteiger partial charge in [0.2, 0.25) is 10.0 Å². The van der Waals surface area contributed by atoms with Gasteiger partial charge in [-0.1, -0.05) is 30.3 Å². The summed E-state index contributed by atoms with van der Waals surface area (Å²) in [6.45, 7) is 5.10. The van der Waals surface area contributed by atoms with Crippen molar-refractivity contribution in [1.29, 1.82) is 0 Å². The lowest BCUT2D eigenvalue weighted by atomic mass is 9.98. The summed E-state index contributed by atoms with van der Waals surface area (Å²) in [6.07, 6.45) is 5.53. The number of sulfonamides is 1. The van der Waals surface area contributed by atoms with Gasteiger partial charge in [-0.3, -0.25) is 9.89 Å². The summed E-state index contributed by atoms with van der Waals surface area (Å²) in [5, 5.41) is 6.92. The Morgan fingerprint density at radius 2 is 1.73 bits per heavy atom. The number of rotatable bonds is 7. The van der Waals surface area contributed by atoms with E-state index in [2.05, 4.69) is 50.9 Å². The third-order valence-corrected chi connectivity index (χ3v) is 7.36. The second-order valence-corrected chi connectivity index (χ2v) is 10.2. The van der Waals surface area contributed by atoms with Gasteiger partial charge < -0.3 is 10.6 Å². The molecule has 9 heteroatoms. The largest absolute Gasteiger partial charge is 0.356 e. The first kappa shape index (κ1) is 25.4. The van der Waals surface area contributed by atoms with Gasteiger partial charge in [0, 0.05) is 45.8 Å². The highest BCUT2D eigenvalue weighted by molar-refractivity contribution is 14.0. The van der Waals surface area contributed by atoms with Gasteiger partial charge in [0.25, 0.3) is 0 Å². The molecule has 2 aliphatic rings. The van der Waals surface area contributed by atoms with Crippen molar-refractivity contribution >= 4 is 40.0 Å². The summed E-state index contributed by atoms with van der Waals surface area (Å²) >= 11 is 0. The lowest BCUT2D eigenvalue weighted by Gasteiger charge is -2.30. The molecule has 1 aromatic rings. The van der Waals surface area contributed by atoms with Crippen molar-refractivity contribution in [2.75, 3.05) is 46.0 Å². The van der Waals surface area contributed by atoms with E-state index in [4.69, 9.17) is 0 Å². The first-order valence-corrected chi connectivity index (χ1v) is 12.5. The third-order valence-electron chi connectivity index (χ3n) is 6.06. The average Bonchev–Trinajstić information content (AvgIpc) is 3.15. The summed E-state index contributed by atoms with van der Waals surface area (Å²) in [5.74, 6) is 1.31. The maximum Gasteiger partial charge on any atom is 0.211 e. The van der Waals surface area contributed by atoms with Crippen LogP contribution in [0.25, 0.3) is 0 Å². The van der Waals surface area contributed by atoms with Crippen LogP contribution in [0.1, 0.15) is 31.2 Å². The van der Waals surface area contributed by atoms with Crippen LogP contribution in [-0.4, -0.2) is 75.7 Å². The molecule has 2 N–H and O–H groups in total. The number of hydrogen-bond donors (Lipinski definition) is 2. The lowest BCUT2D eigenvalue weighted by Crippen LogP contribution is -2.47. The Balaban J connectivity index is 0.00000320. The fraction of sp³-hybridized carbons (Fsp3) is 0.667. The SMILES string of the molecule is CN=C(NCC1CCN(S(C)(=O)=O)CC1)NCC1CCCN1Cc1ccccc1.I. The molecule has 0 amide bonds.